The Hall–Kier alpha value is -1.51. The van der Waals surface area contributed by atoms with Crippen molar-refractivity contribution < 1.29 is 32.3 Å². The van der Waals surface area contributed by atoms with Crippen LogP contribution in [0.2, 0.25) is 0 Å². The molecule has 0 aliphatic carbocycles. The molecule has 3 N–H and O–H groups in total. The van der Waals surface area contributed by atoms with Crippen molar-refractivity contribution in [1.82, 2.24) is 5.32 Å². The number of nitrogens with one attached hydrogen (secondary N) is 1. The first-order chi connectivity index (χ1) is 15.5. The molecule has 0 unspecified atom stereocenters. The van der Waals surface area contributed by atoms with Crippen LogP contribution in [0.3, 0.4) is 0 Å². The molecular weight excluding hydrogens is 474 g/mol. The Morgan fingerprint density at radius 1 is 1.00 bits per heavy atom. The van der Waals surface area contributed by atoms with E-state index in [9.17, 15) is 17.7 Å². The van der Waals surface area contributed by atoms with Crippen LogP contribution in [0.4, 0.5) is 13.2 Å². The molecule has 0 bridgehead atoms. The van der Waals surface area contributed by atoms with Crippen molar-refractivity contribution in [3.63, 3.8) is 0 Å². The zero-order valence-electron chi connectivity index (χ0n) is 18.6. The molecule has 0 saturated heterocycles. The van der Waals surface area contributed by atoms with Gasteiger partial charge in [-0.25, -0.2) is 0 Å². The maximum Gasteiger partial charge on any atom is 0.573 e. The number of unbranched alkanes of at least 4 members (excludes halogenated alkanes) is 2. The zero-order valence-corrected chi connectivity index (χ0v) is 20.3. The van der Waals surface area contributed by atoms with Gasteiger partial charge in [-0.05, 0) is 68.2 Å². The van der Waals surface area contributed by atoms with Crippen molar-refractivity contribution >= 4 is 19.4 Å². The molecule has 5 nitrogen and oxygen atoms in total. The fraction of sp³-hybridized carbons (Fsp3) is 0.478. The maximum absolute atomic E-state index is 12.9. The van der Waals surface area contributed by atoms with Gasteiger partial charge in [0.25, 0.3) is 0 Å². The average Bonchev–Trinajstić information content (AvgIpc) is 2.71. The lowest BCUT2D eigenvalue weighted by atomic mass is 10.1. The lowest BCUT2D eigenvalue weighted by Gasteiger charge is -2.15. The summed E-state index contributed by atoms with van der Waals surface area (Å²) in [7, 11) is -4.04. The predicted octanol–water partition coefficient (Wildman–Crippen LogP) is 6.06. The number of hydrogen-bond donors (Lipinski definition) is 3. The summed E-state index contributed by atoms with van der Waals surface area (Å²) in [5.74, 6) is 0.476. The summed E-state index contributed by atoms with van der Waals surface area (Å²) in [5, 5.41) is 2.98. The molecule has 2 rings (SSSR count). The Morgan fingerprint density at radius 3 is 2.36 bits per heavy atom. The van der Waals surface area contributed by atoms with Crippen LogP contribution in [0, 0.1) is 6.92 Å². The topological polar surface area (TPSA) is 78.8 Å². The number of thioether (sulfide) groups is 1. The van der Waals surface area contributed by atoms with E-state index in [4.69, 9.17) is 9.79 Å². The molecular formula is C23H31F3NO4PS. The van der Waals surface area contributed by atoms with Gasteiger partial charge in [-0.1, -0.05) is 42.3 Å². The van der Waals surface area contributed by atoms with Gasteiger partial charge in [-0.2, -0.15) is 0 Å². The van der Waals surface area contributed by atoms with E-state index < -0.39 is 14.0 Å². The van der Waals surface area contributed by atoms with Crippen LogP contribution in [0.5, 0.6) is 5.75 Å². The van der Waals surface area contributed by atoms with Gasteiger partial charge in [0, 0.05) is 11.4 Å². The highest BCUT2D eigenvalue weighted by molar-refractivity contribution is 7.99. The maximum atomic E-state index is 12.9. The second kappa shape index (κ2) is 13.4. The van der Waals surface area contributed by atoms with Crippen LogP contribution in [0.1, 0.15) is 42.4 Å². The highest BCUT2D eigenvalue weighted by atomic mass is 32.2. The summed E-state index contributed by atoms with van der Waals surface area (Å²) in [6, 6.07) is 13.2. The Bertz CT molecular complexity index is 904. The van der Waals surface area contributed by atoms with Crippen LogP contribution in [-0.2, 0) is 17.5 Å². The molecule has 0 radical (unpaired) electrons. The third-order valence-electron chi connectivity index (χ3n) is 4.85. The minimum Gasteiger partial charge on any atom is -0.405 e. The molecule has 2 aromatic carbocycles. The molecule has 0 atom stereocenters. The van der Waals surface area contributed by atoms with E-state index >= 15 is 0 Å². The first-order valence-corrected chi connectivity index (χ1v) is 13.6. The zero-order chi connectivity index (χ0) is 24.3. The lowest BCUT2D eigenvalue weighted by Crippen LogP contribution is -2.19. The molecule has 0 heterocycles. The van der Waals surface area contributed by atoms with E-state index in [0.717, 1.165) is 25.7 Å². The standard InChI is InChI=1S/C23H31F3NO4PS/c1-18-7-9-19(10-8-18)6-3-2-4-15-33-22-12-11-20(16-21(22)31-23(24,25)26)17-27-13-5-14-32(28,29)30/h7-12,16,27H,2-6,13-15,17H2,1H3,(H2,28,29,30). The third-order valence-corrected chi connectivity index (χ3v) is 6.89. The third kappa shape index (κ3) is 12.5. The van der Waals surface area contributed by atoms with Gasteiger partial charge in [-0.3, -0.25) is 4.57 Å². The lowest BCUT2D eigenvalue weighted by molar-refractivity contribution is -0.275. The fourth-order valence-corrected chi connectivity index (χ4v) is 4.72. The van der Waals surface area contributed by atoms with Crippen molar-refractivity contribution in [2.75, 3.05) is 18.5 Å². The Balaban J connectivity index is 1.80. The van der Waals surface area contributed by atoms with Crippen LogP contribution in [0.25, 0.3) is 0 Å². The van der Waals surface area contributed by atoms with Crippen molar-refractivity contribution in [1.29, 1.82) is 0 Å². The number of halogens is 3. The minimum atomic E-state index is -4.78. The van der Waals surface area contributed by atoms with E-state index in [1.54, 1.807) is 12.1 Å². The van der Waals surface area contributed by atoms with Gasteiger partial charge in [-0.15, -0.1) is 24.9 Å². The monoisotopic (exact) mass is 505 g/mol. The Labute approximate surface area is 197 Å². The Kier molecular flexibility index (Phi) is 11.3. The van der Waals surface area contributed by atoms with Gasteiger partial charge in [0.1, 0.15) is 5.75 Å². The van der Waals surface area contributed by atoms with E-state index in [2.05, 4.69) is 41.2 Å². The van der Waals surface area contributed by atoms with Crippen LogP contribution in [0.15, 0.2) is 47.4 Å². The van der Waals surface area contributed by atoms with Gasteiger partial charge in [0.15, 0.2) is 0 Å². The SMILES string of the molecule is Cc1ccc(CCCCCSc2ccc(CNCCCP(=O)(O)O)cc2OC(F)(F)F)cc1. The summed E-state index contributed by atoms with van der Waals surface area (Å²) in [4.78, 5) is 18.1. The smallest absolute Gasteiger partial charge is 0.405 e. The highest BCUT2D eigenvalue weighted by Crippen LogP contribution is 2.35. The van der Waals surface area contributed by atoms with Gasteiger partial charge >= 0.3 is 14.0 Å². The average molecular weight is 506 g/mol. The highest BCUT2D eigenvalue weighted by Gasteiger charge is 2.32. The Morgan fingerprint density at radius 2 is 1.70 bits per heavy atom. The molecule has 0 aromatic heterocycles. The van der Waals surface area contributed by atoms with Crippen molar-refractivity contribution in [2.45, 2.75) is 56.8 Å². The summed E-state index contributed by atoms with van der Waals surface area (Å²) in [5.41, 5.74) is 3.13. The molecule has 0 aliphatic rings. The number of alkyl halides is 3. The van der Waals surface area contributed by atoms with E-state index in [1.165, 1.54) is 29.0 Å². The molecule has 10 heteroatoms. The fourth-order valence-electron chi connectivity index (χ4n) is 3.17. The molecule has 2 aromatic rings. The first kappa shape index (κ1) is 27.7. The molecule has 184 valence electrons. The van der Waals surface area contributed by atoms with E-state index in [1.807, 2.05) is 0 Å². The van der Waals surface area contributed by atoms with Crippen LogP contribution in [-0.4, -0.2) is 34.6 Å². The molecule has 0 spiro atoms. The number of hydrogen-bond acceptors (Lipinski definition) is 4. The van der Waals surface area contributed by atoms with Gasteiger partial charge in [0.05, 0.1) is 6.16 Å². The molecule has 33 heavy (non-hydrogen) atoms. The van der Waals surface area contributed by atoms with Crippen LogP contribution < -0.4 is 10.1 Å². The second-order valence-electron chi connectivity index (χ2n) is 7.89. The minimum absolute atomic E-state index is 0.221. The molecule has 0 aliphatic heterocycles. The number of benzene rings is 2. The normalized spacial score (nSPS) is 12.2. The van der Waals surface area contributed by atoms with Crippen LogP contribution >= 0.6 is 19.4 Å². The number of aryl methyl sites for hydroxylation is 2. The number of rotatable bonds is 14. The molecule has 0 amide bonds. The molecule has 0 saturated carbocycles. The largest absolute Gasteiger partial charge is 0.573 e. The van der Waals surface area contributed by atoms with Crippen molar-refractivity contribution in [2.24, 2.45) is 0 Å². The second-order valence-corrected chi connectivity index (χ2v) is 10.8. The predicted molar refractivity (Wildman–Crippen MR) is 126 cm³/mol. The van der Waals surface area contributed by atoms with Gasteiger partial charge in [0.2, 0.25) is 0 Å². The quantitative estimate of drug-likeness (QED) is 0.165. The summed E-state index contributed by atoms with van der Waals surface area (Å²) in [6.07, 6.45) is -0.834. The first-order valence-electron chi connectivity index (χ1n) is 10.8. The van der Waals surface area contributed by atoms with Gasteiger partial charge < -0.3 is 19.8 Å². The van der Waals surface area contributed by atoms with Crippen molar-refractivity contribution in [3.8, 4) is 5.75 Å². The summed E-state index contributed by atoms with van der Waals surface area (Å²) < 4.78 is 53.7. The summed E-state index contributed by atoms with van der Waals surface area (Å²) >= 11 is 1.35. The number of ether oxygens (including phenoxy) is 1. The van der Waals surface area contributed by atoms with E-state index in [0.29, 0.717) is 22.8 Å². The van der Waals surface area contributed by atoms with Crippen molar-refractivity contribution in [3.05, 3.63) is 59.2 Å². The van der Waals surface area contributed by atoms with E-state index in [-0.39, 0.29) is 24.9 Å². The summed E-state index contributed by atoms with van der Waals surface area (Å²) in [6.45, 7) is 2.68. The molecule has 0 fully saturated rings.